The van der Waals surface area contributed by atoms with Crippen LogP contribution in [0.5, 0.6) is 0 Å². The van der Waals surface area contributed by atoms with E-state index < -0.39 is 0 Å². The summed E-state index contributed by atoms with van der Waals surface area (Å²) in [5.74, 6) is 0.615. The molecule has 2 rings (SSSR count). The van der Waals surface area contributed by atoms with Gasteiger partial charge in [-0.1, -0.05) is 41.5 Å². The van der Waals surface area contributed by atoms with E-state index in [0.29, 0.717) is 5.82 Å². The van der Waals surface area contributed by atoms with Crippen molar-refractivity contribution in [1.29, 1.82) is 0 Å². The number of hydrogen-bond donors (Lipinski definition) is 1. The molecule has 0 amide bonds. The SMILES string of the molecule is Nc1cccc[n+]1N=Cc1ccccc1. The molecular weight excluding hydrogens is 186 g/mol. The molecule has 1 heterocycles. The molecule has 0 aliphatic heterocycles. The van der Waals surface area contributed by atoms with Gasteiger partial charge in [-0.15, -0.1) is 4.68 Å². The Morgan fingerprint density at radius 2 is 1.73 bits per heavy atom. The second kappa shape index (κ2) is 4.37. The summed E-state index contributed by atoms with van der Waals surface area (Å²) in [7, 11) is 0. The fourth-order valence-electron chi connectivity index (χ4n) is 1.22. The quantitative estimate of drug-likeness (QED) is 0.575. The number of aromatic nitrogens is 1. The predicted octanol–water partition coefficient (Wildman–Crippen LogP) is 1.44. The first kappa shape index (κ1) is 9.40. The van der Waals surface area contributed by atoms with Gasteiger partial charge in [0.1, 0.15) is 6.20 Å². The van der Waals surface area contributed by atoms with E-state index in [1.165, 1.54) is 0 Å². The third-order valence-corrected chi connectivity index (χ3v) is 2.00. The Morgan fingerprint density at radius 3 is 2.47 bits per heavy atom. The van der Waals surface area contributed by atoms with Gasteiger partial charge in [-0.25, -0.2) is 0 Å². The van der Waals surface area contributed by atoms with Crippen molar-refractivity contribution < 1.29 is 4.68 Å². The maximum Gasteiger partial charge on any atom is 0.297 e. The van der Waals surface area contributed by atoms with Gasteiger partial charge in [-0.3, -0.25) is 5.73 Å². The highest BCUT2D eigenvalue weighted by molar-refractivity contribution is 5.78. The van der Waals surface area contributed by atoms with Gasteiger partial charge in [0.15, 0.2) is 0 Å². The Balaban J connectivity index is 2.23. The molecule has 0 bridgehead atoms. The minimum absolute atomic E-state index is 0.615. The lowest BCUT2D eigenvalue weighted by molar-refractivity contribution is -0.663. The summed E-state index contributed by atoms with van der Waals surface area (Å²) in [4.78, 5) is 0. The summed E-state index contributed by atoms with van der Waals surface area (Å²) >= 11 is 0. The number of nitrogens with zero attached hydrogens (tertiary/aromatic N) is 2. The molecule has 1 aromatic carbocycles. The van der Waals surface area contributed by atoms with Gasteiger partial charge in [-0.2, -0.15) is 0 Å². The van der Waals surface area contributed by atoms with Crippen molar-refractivity contribution in [2.45, 2.75) is 0 Å². The van der Waals surface area contributed by atoms with Crippen molar-refractivity contribution in [1.82, 2.24) is 0 Å². The maximum atomic E-state index is 5.73. The lowest BCUT2D eigenvalue weighted by atomic mass is 10.2. The molecule has 0 saturated heterocycles. The molecule has 2 N–H and O–H groups in total. The molecule has 3 heteroatoms. The largest absolute Gasteiger partial charge is 0.297 e. The highest BCUT2D eigenvalue weighted by Crippen LogP contribution is 1.94. The van der Waals surface area contributed by atoms with Crippen LogP contribution in [0.2, 0.25) is 0 Å². The lowest BCUT2D eigenvalue weighted by Crippen LogP contribution is -2.30. The van der Waals surface area contributed by atoms with Crippen LogP contribution in [0.3, 0.4) is 0 Å². The molecule has 0 aliphatic carbocycles. The number of pyridine rings is 1. The van der Waals surface area contributed by atoms with Crippen molar-refractivity contribution in [3.63, 3.8) is 0 Å². The van der Waals surface area contributed by atoms with Gasteiger partial charge in [0.05, 0.1) is 6.21 Å². The summed E-state index contributed by atoms with van der Waals surface area (Å²) in [6, 6.07) is 15.5. The van der Waals surface area contributed by atoms with E-state index in [2.05, 4.69) is 5.10 Å². The third-order valence-electron chi connectivity index (χ3n) is 2.00. The topological polar surface area (TPSA) is 42.3 Å². The minimum Gasteiger partial charge on any atom is -0.285 e. The molecular formula is C12H12N3+. The normalized spacial score (nSPS) is 10.7. The molecule has 0 spiro atoms. The van der Waals surface area contributed by atoms with Crippen LogP contribution in [-0.2, 0) is 0 Å². The van der Waals surface area contributed by atoms with E-state index in [4.69, 9.17) is 5.73 Å². The molecule has 2 aromatic rings. The second-order valence-corrected chi connectivity index (χ2v) is 3.13. The molecule has 0 unspecified atom stereocenters. The molecule has 3 nitrogen and oxygen atoms in total. The van der Waals surface area contributed by atoms with Crippen LogP contribution in [0.1, 0.15) is 5.56 Å². The molecule has 0 radical (unpaired) electrons. The first-order valence-electron chi connectivity index (χ1n) is 4.72. The summed E-state index contributed by atoms with van der Waals surface area (Å²) in [6.45, 7) is 0. The summed E-state index contributed by atoms with van der Waals surface area (Å²) < 4.78 is 1.63. The number of rotatable bonds is 2. The molecule has 0 saturated carbocycles. The number of benzene rings is 1. The van der Waals surface area contributed by atoms with Crippen molar-refractivity contribution in [2.75, 3.05) is 5.73 Å². The van der Waals surface area contributed by atoms with Gasteiger partial charge >= 0.3 is 0 Å². The van der Waals surface area contributed by atoms with E-state index in [1.807, 2.05) is 54.7 Å². The van der Waals surface area contributed by atoms with Crippen LogP contribution >= 0.6 is 0 Å². The van der Waals surface area contributed by atoms with Crippen molar-refractivity contribution in [3.05, 3.63) is 60.3 Å². The fourth-order valence-corrected chi connectivity index (χ4v) is 1.22. The molecule has 1 aromatic heterocycles. The van der Waals surface area contributed by atoms with Crippen molar-refractivity contribution in [3.8, 4) is 0 Å². The van der Waals surface area contributed by atoms with E-state index in [0.717, 1.165) is 5.56 Å². The summed E-state index contributed by atoms with van der Waals surface area (Å²) in [5.41, 5.74) is 6.78. The number of anilines is 1. The second-order valence-electron chi connectivity index (χ2n) is 3.13. The Hall–Kier alpha value is -2.16. The van der Waals surface area contributed by atoms with E-state index in [-0.39, 0.29) is 0 Å². The van der Waals surface area contributed by atoms with Crippen molar-refractivity contribution >= 4 is 12.0 Å². The average Bonchev–Trinajstić information content (AvgIpc) is 2.29. The van der Waals surface area contributed by atoms with Crippen LogP contribution in [0.15, 0.2) is 59.8 Å². The van der Waals surface area contributed by atoms with Gasteiger partial charge in [-0.05, 0) is 11.6 Å². The first-order valence-corrected chi connectivity index (χ1v) is 4.72. The van der Waals surface area contributed by atoms with Gasteiger partial charge < -0.3 is 0 Å². The van der Waals surface area contributed by atoms with Crippen LogP contribution < -0.4 is 10.4 Å². The van der Waals surface area contributed by atoms with E-state index in [9.17, 15) is 0 Å². The molecule has 0 atom stereocenters. The molecule has 74 valence electrons. The summed E-state index contributed by atoms with van der Waals surface area (Å²) in [5, 5.41) is 4.24. The molecule has 15 heavy (non-hydrogen) atoms. The standard InChI is InChI=1S/C12H11N3/c13-12-8-4-5-9-15(12)14-10-11-6-2-1-3-7-11/h1-10,13H/p+1. The lowest BCUT2D eigenvalue weighted by Gasteiger charge is -1.93. The smallest absolute Gasteiger partial charge is 0.285 e. The average molecular weight is 198 g/mol. The zero-order valence-electron chi connectivity index (χ0n) is 8.25. The Bertz CT molecular complexity index is 463. The number of hydrogen-bond acceptors (Lipinski definition) is 2. The Morgan fingerprint density at radius 1 is 1.00 bits per heavy atom. The first-order chi connectivity index (χ1) is 7.36. The van der Waals surface area contributed by atoms with Gasteiger partial charge in [0.25, 0.3) is 5.82 Å². The van der Waals surface area contributed by atoms with Crippen LogP contribution in [0, 0.1) is 0 Å². The summed E-state index contributed by atoms with van der Waals surface area (Å²) in [6.07, 6.45) is 3.59. The fraction of sp³-hybridized carbons (Fsp3) is 0. The highest BCUT2D eigenvalue weighted by Gasteiger charge is 1.97. The highest BCUT2D eigenvalue weighted by atomic mass is 15.4. The Labute approximate surface area is 88.5 Å². The van der Waals surface area contributed by atoms with Crippen LogP contribution in [-0.4, -0.2) is 6.21 Å². The van der Waals surface area contributed by atoms with Crippen LogP contribution in [0.25, 0.3) is 0 Å². The number of nitrogens with two attached hydrogens (primary N) is 1. The Kier molecular flexibility index (Phi) is 2.74. The zero-order valence-corrected chi connectivity index (χ0v) is 8.25. The zero-order chi connectivity index (χ0) is 10.5. The third kappa shape index (κ3) is 2.40. The van der Waals surface area contributed by atoms with E-state index >= 15 is 0 Å². The molecule has 0 aliphatic rings. The van der Waals surface area contributed by atoms with Crippen LogP contribution in [0.4, 0.5) is 5.82 Å². The van der Waals surface area contributed by atoms with E-state index in [1.54, 1.807) is 10.9 Å². The van der Waals surface area contributed by atoms with Gasteiger partial charge in [0, 0.05) is 6.07 Å². The molecule has 0 fully saturated rings. The minimum atomic E-state index is 0.615. The van der Waals surface area contributed by atoms with Gasteiger partial charge in [0.2, 0.25) is 0 Å². The predicted molar refractivity (Wildman–Crippen MR) is 60.5 cm³/mol. The van der Waals surface area contributed by atoms with Crippen molar-refractivity contribution in [2.24, 2.45) is 5.10 Å². The monoisotopic (exact) mass is 198 g/mol. The number of nitrogen functional groups attached to an aromatic ring is 1. The maximum absolute atomic E-state index is 5.73.